The zero-order chi connectivity index (χ0) is 34.7. The number of carbonyl (C=O) groups excluding carboxylic acids is 6. The second-order valence-corrected chi connectivity index (χ2v) is 10.7. The van der Waals surface area contributed by atoms with Crippen molar-refractivity contribution >= 4 is 47.4 Å². The first-order valence-electron chi connectivity index (χ1n) is 14.3. The summed E-state index contributed by atoms with van der Waals surface area (Å²) >= 11 is 0. The molecular formula is C26H46N8O11. The number of carboxylic acids is 2. The summed E-state index contributed by atoms with van der Waals surface area (Å²) in [5, 5.41) is 39.0. The van der Waals surface area contributed by atoms with Gasteiger partial charge >= 0.3 is 11.9 Å². The molecule has 0 aromatic rings. The maximum atomic E-state index is 13.2. The molecule has 0 bridgehead atoms. The number of nitrogens with one attached hydrogen (secondary N) is 5. The SMILES string of the molecule is CC(C)C[C@H](NC(=O)[C@H](CCCCN)NC(=O)CNC(=O)[C@H](CC(=O)O)NC(=O)[C@@H](N)CO)C(=O)N[C@@H](CCC(N)=O)C(=O)O. The van der Waals surface area contributed by atoms with Crippen molar-refractivity contribution in [3.05, 3.63) is 0 Å². The van der Waals surface area contributed by atoms with Gasteiger partial charge in [-0.05, 0) is 44.6 Å². The minimum Gasteiger partial charge on any atom is -0.481 e. The molecule has 0 aliphatic heterocycles. The number of nitrogens with two attached hydrogens (primary N) is 3. The second-order valence-electron chi connectivity index (χ2n) is 10.7. The van der Waals surface area contributed by atoms with E-state index >= 15 is 0 Å². The Bertz CT molecular complexity index is 1060. The number of aliphatic hydroxyl groups excluding tert-OH is 1. The van der Waals surface area contributed by atoms with Gasteiger partial charge in [-0.1, -0.05) is 13.8 Å². The first-order valence-corrected chi connectivity index (χ1v) is 14.3. The fourth-order valence-corrected chi connectivity index (χ4v) is 3.83. The van der Waals surface area contributed by atoms with Crippen LogP contribution in [0.25, 0.3) is 0 Å². The lowest BCUT2D eigenvalue weighted by atomic mass is 10.0. The third-order valence-corrected chi connectivity index (χ3v) is 6.20. The standard InChI is InChI=1S/C26H46N8O11/c1-13(2)9-17(25(43)32-16(26(44)45)6-7-19(29)36)34-24(42)15(5-3-4-8-27)31-20(37)11-30-23(41)18(10-21(38)39)33-22(40)14(28)12-35/h13-18,35H,3-12,27-28H2,1-2H3,(H2,29,36)(H,30,41)(H,31,37)(H,32,43)(H,33,40)(H,34,42)(H,38,39)(H,44,45)/t14-,15-,16-,17-,18-/m0/s1. The number of aliphatic carboxylic acids is 2. The van der Waals surface area contributed by atoms with Crippen LogP contribution >= 0.6 is 0 Å². The highest BCUT2D eigenvalue weighted by Crippen LogP contribution is 2.09. The number of amides is 6. The van der Waals surface area contributed by atoms with Gasteiger partial charge in [0.05, 0.1) is 19.6 Å². The van der Waals surface area contributed by atoms with Crippen molar-refractivity contribution in [3.8, 4) is 0 Å². The van der Waals surface area contributed by atoms with E-state index in [1.54, 1.807) is 13.8 Å². The lowest BCUT2D eigenvalue weighted by molar-refractivity contribution is -0.143. The highest BCUT2D eigenvalue weighted by Gasteiger charge is 2.31. The van der Waals surface area contributed by atoms with E-state index < -0.39 is 97.2 Å². The molecule has 0 aliphatic rings. The van der Waals surface area contributed by atoms with Gasteiger partial charge in [-0.25, -0.2) is 4.79 Å². The van der Waals surface area contributed by atoms with Crippen LogP contribution < -0.4 is 43.8 Å². The molecule has 0 saturated heterocycles. The van der Waals surface area contributed by atoms with E-state index in [2.05, 4.69) is 26.6 Å². The largest absolute Gasteiger partial charge is 0.481 e. The predicted octanol–water partition coefficient (Wildman–Crippen LogP) is -4.64. The summed E-state index contributed by atoms with van der Waals surface area (Å²) in [7, 11) is 0. The van der Waals surface area contributed by atoms with Gasteiger partial charge in [-0.15, -0.1) is 0 Å². The Kier molecular flexibility index (Phi) is 19.3. The van der Waals surface area contributed by atoms with E-state index in [1.807, 2.05) is 0 Å². The van der Waals surface area contributed by atoms with Crippen LogP contribution in [-0.2, 0) is 38.4 Å². The fraction of sp³-hybridized carbons (Fsp3) is 0.692. The molecule has 5 atom stereocenters. The molecular weight excluding hydrogens is 600 g/mol. The van der Waals surface area contributed by atoms with Crippen LogP contribution in [0, 0.1) is 5.92 Å². The molecule has 14 N–H and O–H groups in total. The summed E-state index contributed by atoms with van der Waals surface area (Å²) in [5.41, 5.74) is 16.0. The zero-order valence-electron chi connectivity index (χ0n) is 25.4. The molecule has 6 amide bonds. The molecule has 0 fully saturated rings. The van der Waals surface area contributed by atoms with E-state index in [1.165, 1.54) is 0 Å². The molecule has 0 aromatic carbocycles. The van der Waals surface area contributed by atoms with Gasteiger partial charge in [-0.3, -0.25) is 33.6 Å². The minimum atomic E-state index is -1.63. The van der Waals surface area contributed by atoms with Gasteiger partial charge in [-0.2, -0.15) is 0 Å². The fourth-order valence-electron chi connectivity index (χ4n) is 3.83. The number of carbonyl (C=O) groups is 8. The predicted molar refractivity (Wildman–Crippen MR) is 156 cm³/mol. The highest BCUT2D eigenvalue weighted by atomic mass is 16.4. The zero-order valence-corrected chi connectivity index (χ0v) is 25.4. The lowest BCUT2D eigenvalue weighted by Crippen LogP contribution is -2.57. The topological polar surface area (TPSA) is 335 Å². The molecule has 0 unspecified atom stereocenters. The molecule has 45 heavy (non-hydrogen) atoms. The van der Waals surface area contributed by atoms with Gasteiger partial charge in [0, 0.05) is 6.42 Å². The third-order valence-electron chi connectivity index (χ3n) is 6.20. The normalized spacial score (nSPS) is 14.2. The third kappa shape index (κ3) is 17.5. The number of hydrogen-bond acceptors (Lipinski definition) is 11. The van der Waals surface area contributed by atoms with E-state index in [9.17, 15) is 43.5 Å². The van der Waals surface area contributed by atoms with Crippen molar-refractivity contribution in [1.82, 2.24) is 26.6 Å². The average Bonchev–Trinajstić information content (AvgIpc) is 2.95. The molecule has 19 nitrogen and oxygen atoms in total. The Hall–Kier alpha value is -4.36. The average molecular weight is 647 g/mol. The number of aliphatic hydroxyl groups is 1. The van der Waals surface area contributed by atoms with Gasteiger partial charge in [0.1, 0.15) is 30.2 Å². The van der Waals surface area contributed by atoms with Crippen LogP contribution in [0.3, 0.4) is 0 Å². The molecule has 0 rings (SSSR count). The summed E-state index contributed by atoms with van der Waals surface area (Å²) < 4.78 is 0. The number of primary amides is 1. The quantitative estimate of drug-likeness (QED) is 0.0466. The van der Waals surface area contributed by atoms with Crippen molar-refractivity contribution in [3.63, 3.8) is 0 Å². The molecule has 19 heteroatoms. The Morgan fingerprint density at radius 3 is 1.82 bits per heavy atom. The van der Waals surface area contributed by atoms with E-state index in [4.69, 9.17) is 27.4 Å². The number of unbranched alkanes of at least 4 members (excludes halogenated alkanes) is 1. The van der Waals surface area contributed by atoms with Crippen LogP contribution in [0.5, 0.6) is 0 Å². The van der Waals surface area contributed by atoms with Gasteiger partial charge in [0.15, 0.2) is 0 Å². The van der Waals surface area contributed by atoms with Gasteiger partial charge < -0.3 is 59.1 Å². The molecule has 0 aromatic heterocycles. The number of hydrogen-bond donors (Lipinski definition) is 11. The molecule has 0 aliphatic carbocycles. The van der Waals surface area contributed by atoms with E-state index in [0.29, 0.717) is 12.8 Å². The minimum absolute atomic E-state index is 0.0752. The Balaban J connectivity index is 5.63. The first-order chi connectivity index (χ1) is 21.0. The Morgan fingerprint density at radius 2 is 1.31 bits per heavy atom. The summed E-state index contributed by atoms with van der Waals surface area (Å²) in [4.78, 5) is 97.2. The van der Waals surface area contributed by atoms with Crippen LogP contribution in [0.2, 0.25) is 0 Å². The lowest BCUT2D eigenvalue weighted by Gasteiger charge is -2.25. The van der Waals surface area contributed by atoms with Crippen molar-refractivity contribution in [2.45, 2.75) is 89.0 Å². The maximum absolute atomic E-state index is 13.2. The molecule has 0 saturated carbocycles. The van der Waals surface area contributed by atoms with Crippen LogP contribution in [0.15, 0.2) is 0 Å². The summed E-state index contributed by atoms with van der Waals surface area (Å²) in [6, 6.07) is -6.93. The Morgan fingerprint density at radius 1 is 0.733 bits per heavy atom. The van der Waals surface area contributed by atoms with E-state index in [0.717, 1.165) is 0 Å². The van der Waals surface area contributed by atoms with Gasteiger partial charge in [0.2, 0.25) is 35.4 Å². The maximum Gasteiger partial charge on any atom is 0.326 e. The Labute approximate surface area is 259 Å². The molecule has 0 spiro atoms. The molecule has 256 valence electrons. The summed E-state index contributed by atoms with van der Waals surface area (Å²) in [6.07, 6.45) is -0.390. The van der Waals surface area contributed by atoms with Crippen LogP contribution in [0.1, 0.15) is 58.8 Å². The number of carboxylic acid groups (broad SMARTS) is 2. The second kappa shape index (κ2) is 21.4. The monoisotopic (exact) mass is 646 g/mol. The van der Waals surface area contributed by atoms with Crippen molar-refractivity contribution in [2.75, 3.05) is 19.7 Å². The van der Waals surface area contributed by atoms with Crippen LogP contribution in [-0.4, -0.2) is 113 Å². The van der Waals surface area contributed by atoms with Gasteiger partial charge in [0.25, 0.3) is 0 Å². The smallest absolute Gasteiger partial charge is 0.326 e. The summed E-state index contributed by atoms with van der Waals surface area (Å²) in [6.45, 7) is 2.31. The first kappa shape index (κ1) is 40.6. The van der Waals surface area contributed by atoms with Crippen LogP contribution in [0.4, 0.5) is 0 Å². The van der Waals surface area contributed by atoms with Crippen molar-refractivity contribution in [2.24, 2.45) is 23.1 Å². The molecule has 0 radical (unpaired) electrons. The summed E-state index contributed by atoms with van der Waals surface area (Å²) in [5.74, 6) is -8.29. The van der Waals surface area contributed by atoms with Crippen molar-refractivity contribution in [1.29, 1.82) is 0 Å². The molecule has 0 heterocycles. The number of rotatable bonds is 23. The highest BCUT2D eigenvalue weighted by molar-refractivity contribution is 5.96. The van der Waals surface area contributed by atoms with Crippen molar-refractivity contribution < 1.29 is 53.7 Å². The van der Waals surface area contributed by atoms with E-state index in [-0.39, 0.29) is 38.1 Å².